The Bertz CT molecular complexity index is 830. The highest BCUT2D eigenvalue weighted by molar-refractivity contribution is 5.71. The van der Waals surface area contributed by atoms with Crippen LogP contribution in [0.4, 0.5) is 0 Å². The summed E-state index contributed by atoms with van der Waals surface area (Å²) in [5.41, 5.74) is 0. The predicted octanol–water partition coefficient (Wildman–Crippen LogP) is 11.6. The Hall–Kier alpha value is -2.43. The molecule has 0 aromatic rings. The minimum atomic E-state index is -0.595. The first-order valence-corrected chi connectivity index (χ1v) is 18.2. The fraction of sp³-hybridized carbons (Fsp3) is 0.634. The summed E-state index contributed by atoms with van der Waals surface area (Å²) in [7, 11) is 0. The lowest BCUT2D eigenvalue weighted by Gasteiger charge is -2.15. The van der Waals surface area contributed by atoms with Crippen molar-refractivity contribution >= 4 is 5.97 Å². The van der Waals surface area contributed by atoms with Crippen molar-refractivity contribution in [1.82, 2.24) is 0 Å². The first-order valence-electron chi connectivity index (χ1n) is 18.2. The molecule has 1 atom stereocenters. The topological polar surface area (TPSA) is 55.8 Å². The summed E-state index contributed by atoms with van der Waals surface area (Å²) in [4.78, 5) is 12.1. The molecule has 256 valence electrons. The van der Waals surface area contributed by atoms with Gasteiger partial charge in [0, 0.05) is 6.61 Å². The van der Waals surface area contributed by atoms with Gasteiger partial charge < -0.3 is 14.6 Å². The van der Waals surface area contributed by atoms with Gasteiger partial charge in [0.15, 0.2) is 0 Å². The highest BCUT2D eigenvalue weighted by Gasteiger charge is 2.12. The molecule has 0 aromatic carbocycles. The van der Waals surface area contributed by atoms with Crippen LogP contribution in [0, 0.1) is 0 Å². The summed E-state index contributed by atoms with van der Waals surface area (Å²) in [5, 5.41) is 9.53. The molecular weight excluding hydrogens is 556 g/mol. The van der Waals surface area contributed by atoms with Gasteiger partial charge in [-0.05, 0) is 70.6 Å². The molecule has 0 aliphatic carbocycles. The van der Waals surface area contributed by atoms with Crippen molar-refractivity contribution in [2.24, 2.45) is 0 Å². The van der Waals surface area contributed by atoms with Crippen LogP contribution < -0.4 is 0 Å². The maximum atomic E-state index is 12.1. The maximum absolute atomic E-state index is 12.1. The third-order valence-electron chi connectivity index (χ3n) is 7.24. The molecule has 0 saturated carbocycles. The second kappa shape index (κ2) is 37.8. The smallest absolute Gasteiger partial charge is 0.310 e. The number of esters is 1. The van der Waals surface area contributed by atoms with Crippen LogP contribution in [0.3, 0.4) is 0 Å². The molecule has 0 saturated heterocycles. The summed E-state index contributed by atoms with van der Waals surface area (Å²) in [6.07, 6.45) is 52.1. The fourth-order valence-electron chi connectivity index (χ4n) is 4.55. The van der Waals surface area contributed by atoms with Crippen molar-refractivity contribution in [2.45, 2.75) is 148 Å². The molecule has 0 aliphatic rings. The number of unbranched alkanes of at least 4 members (excludes halogenated alkanes) is 11. The molecule has 4 heteroatoms. The summed E-state index contributed by atoms with van der Waals surface area (Å²) in [5.74, 6) is -0.333. The molecule has 0 heterocycles. The van der Waals surface area contributed by atoms with Crippen molar-refractivity contribution in [3.63, 3.8) is 0 Å². The van der Waals surface area contributed by atoms with Crippen LogP contribution in [0.2, 0.25) is 0 Å². The minimum absolute atomic E-state index is 0.206. The first kappa shape index (κ1) is 42.6. The molecule has 0 fully saturated rings. The predicted molar refractivity (Wildman–Crippen MR) is 195 cm³/mol. The fourth-order valence-corrected chi connectivity index (χ4v) is 4.55. The average molecular weight is 625 g/mol. The number of allylic oxidation sites excluding steroid dienone is 13. The van der Waals surface area contributed by atoms with E-state index < -0.39 is 6.10 Å². The van der Waals surface area contributed by atoms with E-state index in [2.05, 4.69) is 86.8 Å². The minimum Gasteiger partial charge on any atom is -0.457 e. The van der Waals surface area contributed by atoms with Gasteiger partial charge in [-0.25, -0.2) is 0 Å². The normalized spacial score (nSPS) is 13.4. The molecule has 0 bridgehead atoms. The van der Waals surface area contributed by atoms with Gasteiger partial charge in [-0.15, -0.1) is 0 Å². The zero-order valence-corrected chi connectivity index (χ0v) is 29.1. The van der Waals surface area contributed by atoms with Gasteiger partial charge in [-0.3, -0.25) is 4.79 Å². The van der Waals surface area contributed by atoms with E-state index in [-0.39, 0.29) is 25.6 Å². The van der Waals surface area contributed by atoms with Crippen LogP contribution in [0.5, 0.6) is 0 Å². The van der Waals surface area contributed by atoms with Gasteiger partial charge in [-0.2, -0.15) is 0 Å². The number of hydrogen-bond acceptors (Lipinski definition) is 4. The quantitative estimate of drug-likeness (QED) is 0.0459. The maximum Gasteiger partial charge on any atom is 0.310 e. The average Bonchev–Trinajstić information content (AvgIpc) is 3.05. The van der Waals surface area contributed by atoms with E-state index in [1.165, 1.54) is 70.6 Å². The number of aliphatic hydroxyl groups excluding tert-OH is 1. The molecule has 0 amide bonds. The van der Waals surface area contributed by atoms with Crippen LogP contribution in [0.15, 0.2) is 85.1 Å². The van der Waals surface area contributed by atoms with Crippen LogP contribution >= 0.6 is 0 Å². The highest BCUT2D eigenvalue weighted by Crippen LogP contribution is 2.11. The van der Waals surface area contributed by atoms with E-state index in [0.717, 1.165) is 51.4 Å². The molecule has 0 aromatic heterocycles. The van der Waals surface area contributed by atoms with Gasteiger partial charge in [0.2, 0.25) is 0 Å². The third-order valence-corrected chi connectivity index (χ3v) is 7.24. The Morgan fingerprint density at radius 3 is 1.51 bits per heavy atom. The molecular formula is C41H68O4. The number of hydrogen-bond donors (Lipinski definition) is 1. The monoisotopic (exact) mass is 625 g/mol. The largest absolute Gasteiger partial charge is 0.457 e. The molecule has 0 spiro atoms. The van der Waals surface area contributed by atoms with E-state index in [1.807, 2.05) is 12.2 Å². The number of aliphatic hydroxyl groups is 1. The molecule has 1 unspecified atom stereocenters. The second-order valence-corrected chi connectivity index (χ2v) is 11.6. The van der Waals surface area contributed by atoms with Crippen LogP contribution in [-0.2, 0) is 14.3 Å². The van der Waals surface area contributed by atoms with Crippen molar-refractivity contribution in [2.75, 3.05) is 19.8 Å². The zero-order chi connectivity index (χ0) is 32.7. The lowest BCUT2D eigenvalue weighted by Crippen LogP contribution is -2.27. The number of ether oxygens (including phenoxy) is 2. The van der Waals surface area contributed by atoms with Crippen LogP contribution in [0.25, 0.3) is 0 Å². The third kappa shape index (κ3) is 35.9. The Labute approximate surface area is 278 Å². The SMILES string of the molecule is CC/C=C\C/C=C\C/C=C\C/C=C\C/C=C\CC(=O)OC(CO)COCCCCCCCCCC/C=C\C/C=C\CCCCC. The Balaban J connectivity index is 3.61. The first-order chi connectivity index (χ1) is 22.2. The van der Waals surface area contributed by atoms with Gasteiger partial charge in [0.1, 0.15) is 6.10 Å². The summed E-state index contributed by atoms with van der Waals surface area (Å²) < 4.78 is 11.0. The zero-order valence-electron chi connectivity index (χ0n) is 29.1. The molecule has 1 N–H and O–H groups in total. The summed E-state index contributed by atoms with van der Waals surface area (Å²) in [6, 6.07) is 0. The summed E-state index contributed by atoms with van der Waals surface area (Å²) >= 11 is 0. The van der Waals surface area contributed by atoms with Crippen molar-refractivity contribution in [3.05, 3.63) is 85.1 Å². The molecule has 0 radical (unpaired) electrons. The number of rotatable bonds is 32. The van der Waals surface area contributed by atoms with E-state index in [9.17, 15) is 9.90 Å². The lowest BCUT2D eigenvalue weighted by molar-refractivity contribution is -0.153. The van der Waals surface area contributed by atoms with Gasteiger partial charge in [0.05, 0.1) is 19.6 Å². The number of carbonyl (C=O) groups excluding carboxylic acids is 1. The molecule has 0 rings (SSSR count). The molecule has 4 nitrogen and oxygen atoms in total. The van der Waals surface area contributed by atoms with Crippen molar-refractivity contribution in [1.29, 1.82) is 0 Å². The Morgan fingerprint density at radius 1 is 0.556 bits per heavy atom. The van der Waals surface area contributed by atoms with E-state index in [0.29, 0.717) is 6.61 Å². The standard InChI is InChI=1S/C41H68O4/c1-3-5-7-9-11-13-15-17-19-20-21-23-25-27-29-31-33-35-37-44-39-40(38-42)45-41(43)36-34-32-30-28-26-24-22-18-16-14-12-10-8-6-4-2/h6,8,11-14,17-19,22,26,28,32,34,40,42H,3-5,7,9-10,15-16,20-21,23-25,27,29-31,33,35-39H2,1-2H3/b8-6-,13-11-,14-12-,19-17-,22-18-,28-26-,34-32-. The van der Waals surface area contributed by atoms with E-state index >= 15 is 0 Å². The van der Waals surface area contributed by atoms with Crippen LogP contribution in [0.1, 0.15) is 142 Å². The van der Waals surface area contributed by atoms with Gasteiger partial charge in [-0.1, -0.05) is 150 Å². The molecule has 45 heavy (non-hydrogen) atoms. The van der Waals surface area contributed by atoms with Gasteiger partial charge in [0.25, 0.3) is 0 Å². The van der Waals surface area contributed by atoms with E-state index in [4.69, 9.17) is 9.47 Å². The Kier molecular flexibility index (Phi) is 35.7. The lowest BCUT2D eigenvalue weighted by atomic mass is 10.1. The Morgan fingerprint density at radius 2 is 1.00 bits per heavy atom. The van der Waals surface area contributed by atoms with Crippen molar-refractivity contribution < 1.29 is 19.4 Å². The highest BCUT2D eigenvalue weighted by atomic mass is 16.6. The van der Waals surface area contributed by atoms with Crippen LogP contribution in [-0.4, -0.2) is 37.0 Å². The van der Waals surface area contributed by atoms with Gasteiger partial charge >= 0.3 is 5.97 Å². The second-order valence-electron chi connectivity index (χ2n) is 11.6. The molecule has 0 aliphatic heterocycles. The van der Waals surface area contributed by atoms with Crippen molar-refractivity contribution in [3.8, 4) is 0 Å². The van der Waals surface area contributed by atoms with E-state index in [1.54, 1.807) is 0 Å². The number of carbonyl (C=O) groups is 1. The summed E-state index contributed by atoms with van der Waals surface area (Å²) in [6.45, 7) is 5.07.